The summed E-state index contributed by atoms with van der Waals surface area (Å²) in [6.07, 6.45) is 2.33. The second kappa shape index (κ2) is 5.40. The first-order valence-electron chi connectivity index (χ1n) is 6.67. The molecule has 0 amide bonds. The number of anilines is 1. The summed E-state index contributed by atoms with van der Waals surface area (Å²) in [6, 6.07) is 6.59. The van der Waals surface area contributed by atoms with Crippen molar-refractivity contribution in [2.24, 2.45) is 0 Å². The molecule has 0 saturated heterocycles. The number of aromatic nitrogens is 2. The number of hydrogen-bond acceptors (Lipinski definition) is 4. The van der Waals surface area contributed by atoms with Crippen LogP contribution in [0.25, 0.3) is 0 Å². The average Bonchev–Trinajstić information content (AvgIpc) is 3.25. The van der Waals surface area contributed by atoms with Crippen molar-refractivity contribution < 1.29 is 4.39 Å². The van der Waals surface area contributed by atoms with Crippen LogP contribution in [0, 0.1) is 12.7 Å². The van der Waals surface area contributed by atoms with Crippen LogP contribution in [0.5, 0.6) is 0 Å². The topological polar surface area (TPSA) is 37.8 Å². The Morgan fingerprint density at radius 1 is 1.30 bits per heavy atom. The molecule has 3 nitrogen and oxygen atoms in total. The molecule has 0 bridgehead atoms. The van der Waals surface area contributed by atoms with Gasteiger partial charge >= 0.3 is 0 Å². The van der Waals surface area contributed by atoms with Crippen LogP contribution in [0.3, 0.4) is 0 Å². The Hall–Kier alpha value is -1.62. The molecule has 0 spiro atoms. The molecule has 1 heterocycles. The van der Waals surface area contributed by atoms with E-state index in [1.165, 1.54) is 23.9 Å². The highest BCUT2D eigenvalue weighted by molar-refractivity contribution is 7.99. The van der Waals surface area contributed by atoms with E-state index in [2.05, 4.69) is 15.3 Å². The molecule has 104 valence electrons. The van der Waals surface area contributed by atoms with Crippen LogP contribution in [-0.2, 0) is 0 Å². The van der Waals surface area contributed by atoms with E-state index in [1.807, 2.05) is 20.0 Å². The third kappa shape index (κ3) is 2.77. The van der Waals surface area contributed by atoms with Gasteiger partial charge in [-0.25, -0.2) is 14.4 Å². The summed E-state index contributed by atoms with van der Waals surface area (Å²) < 4.78 is 13.3. The Labute approximate surface area is 122 Å². The highest BCUT2D eigenvalue weighted by Crippen LogP contribution is 2.40. The van der Waals surface area contributed by atoms with E-state index in [1.54, 1.807) is 6.07 Å². The molecule has 0 atom stereocenters. The Kier molecular flexibility index (Phi) is 3.61. The fraction of sp³-hybridized carbons (Fsp3) is 0.333. The minimum atomic E-state index is -0.224. The fourth-order valence-electron chi connectivity index (χ4n) is 2.02. The van der Waals surface area contributed by atoms with E-state index >= 15 is 0 Å². The standard InChI is InChI=1S/C15H16FN3S/c1-9-13(17-2)18-14(10-6-7-10)19-15(9)20-12-5-3-4-11(16)8-12/h3-5,8,10H,6-7H2,1-2H3,(H,17,18,19). The van der Waals surface area contributed by atoms with Crippen LogP contribution in [-0.4, -0.2) is 17.0 Å². The molecule has 20 heavy (non-hydrogen) atoms. The number of benzene rings is 1. The van der Waals surface area contributed by atoms with Crippen LogP contribution in [0.15, 0.2) is 34.2 Å². The fourth-order valence-corrected chi connectivity index (χ4v) is 2.95. The first-order valence-corrected chi connectivity index (χ1v) is 7.48. The number of hydrogen-bond donors (Lipinski definition) is 1. The van der Waals surface area contributed by atoms with Crippen molar-refractivity contribution in [3.05, 3.63) is 41.5 Å². The van der Waals surface area contributed by atoms with Gasteiger partial charge in [0.2, 0.25) is 0 Å². The number of nitrogens with zero attached hydrogens (tertiary/aromatic N) is 2. The summed E-state index contributed by atoms with van der Waals surface area (Å²) in [5.41, 5.74) is 1.01. The van der Waals surface area contributed by atoms with Gasteiger partial charge < -0.3 is 5.32 Å². The van der Waals surface area contributed by atoms with Gasteiger partial charge in [0.25, 0.3) is 0 Å². The van der Waals surface area contributed by atoms with Crippen LogP contribution in [0.1, 0.15) is 30.1 Å². The van der Waals surface area contributed by atoms with E-state index in [9.17, 15) is 4.39 Å². The van der Waals surface area contributed by atoms with Crippen LogP contribution in [0.4, 0.5) is 10.2 Å². The largest absolute Gasteiger partial charge is 0.373 e. The minimum absolute atomic E-state index is 0.224. The molecule has 1 saturated carbocycles. The van der Waals surface area contributed by atoms with E-state index in [0.717, 1.165) is 40.0 Å². The zero-order chi connectivity index (χ0) is 14.1. The van der Waals surface area contributed by atoms with Crippen molar-refractivity contribution >= 4 is 17.6 Å². The second-order valence-corrected chi connectivity index (χ2v) is 6.01. The zero-order valence-corrected chi connectivity index (χ0v) is 12.3. The predicted octanol–water partition coefficient (Wildman–Crippen LogP) is 3.99. The Bertz CT molecular complexity index is 641. The van der Waals surface area contributed by atoms with E-state index in [4.69, 9.17) is 0 Å². The van der Waals surface area contributed by atoms with Crippen molar-refractivity contribution in [3.8, 4) is 0 Å². The van der Waals surface area contributed by atoms with Crippen LogP contribution in [0.2, 0.25) is 0 Å². The van der Waals surface area contributed by atoms with Gasteiger partial charge in [-0.3, -0.25) is 0 Å². The monoisotopic (exact) mass is 289 g/mol. The summed E-state index contributed by atoms with van der Waals surface area (Å²) >= 11 is 1.49. The van der Waals surface area contributed by atoms with Gasteiger partial charge in [-0.2, -0.15) is 0 Å². The molecule has 1 N–H and O–H groups in total. The first-order chi connectivity index (χ1) is 9.67. The third-order valence-corrected chi connectivity index (χ3v) is 4.39. The maximum Gasteiger partial charge on any atom is 0.135 e. The number of rotatable bonds is 4. The highest BCUT2D eigenvalue weighted by Gasteiger charge is 2.28. The zero-order valence-electron chi connectivity index (χ0n) is 11.5. The molecule has 0 radical (unpaired) electrons. The Balaban J connectivity index is 1.97. The maximum atomic E-state index is 13.3. The summed E-state index contributed by atoms with van der Waals surface area (Å²) in [6.45, 7) is 1.99. The van der Waals surface area contributed by atoms with Gasteiger partial charge in [-0.1, -0.05) is 17.8 Å². The molecule has 3 rings (SSSR count). The van der Waals surface area contributed by atoms with Crippen molar-refractivity contribution in [2.45, 2.75) is 35.6 Å². The smallest absolute Gasteiger partial charge is 0.135 e. The van der Waals surface area contributed by atoms with Gasteiger partial charge in [0.15, 0.2) is 0 Å². The normalized spacial score (nSPS) is 14.3. The van der Waals surface area contributed by atoms with E-state index in [-0.39, 0.29) is 5.82 Å². The summed E-state index contributed by atoms with van der Waals surface area (Å²) in [5.74, 6) is 2.03. The van der Waals surface area contributed by atoms with Gasteiger partial charge in [0, 0.05) is 23.4 Å². The SMILES string of the molecule is CNc1nc(C2CC2)nc(Sc2cccc(F)c2)c1C. The van der Waals surface area contributed by atoms with Gasteiger partial charge in [0.1, 0.15) is 22.5 Å². The molecule has 5 heteroatoms. The van der Waals surface area contributed by atoms with Gasteiger partial charge in [0.05, 0.1) is 0 Å². The van der Waals surface area contributed by atoms with Gasteiger partial charge in [-0.05, 0) is 38.0 Å². The van der Waals surface area contributed by atoms with E-state index < -0.39 is 0 Å². The molecule has 1 fully saturated rings. The van der Waals surface area contributed by atoms with E-state index in [0.29, 0.717) is 5.92 Å². The van der Waals surface area contributed by atoms with Crippen molar-refractivity contribution in [1.82, 2.24) is 9.97 Å². The Morgan fingerprint density at radius 3 is 2.75 bits per heavy atom. The molecule has 2 aromatic rings. The Morgan fingerprint density at radius 2 is 2.10 bits per heavy atom. The lowest BCUT2D eigenvalue weighted by Gasteiger charge is -2.11. The summed E-state index contributed by atoms with van der Waals surface area (Å²) in [5, 5.41) is 4.02. The van der Waals surface area contributed by atoms with Crippen molar-refractivity contribution in [2.75, 3.05) is 12.4 Å². The third-order valence-electron chi connectivity index (χ3n) is 3.31. The lowest BCUT2D eigenvalue weighted by atomic mass is 10.3. The highest BCUT2D eigenvalue weighted by atomic mass is 32.2. The molecule has 0 unspecified atom stereocenters. The van der Waals surface area contributed by atoms with Gasteiger partial charge in [-0.15, -0.1) is 0 Å². The van der Waals surface area contributed by atoms with Crippen molar-refractivity contribution in [3.63, 3.8) is 0 Å². The maximum absolute atomic E-state index is 13.3. The summed E-state index contributed by atoms with van der Waals surface area (Å²) in [7, 11) is 1.86. The lowest BCUT2D eigenvalue weighted by molar-refractivity contribution is 0.624. The molecule has 1 aliphatic rings. The summed E-state index contributed by atoms with van der Waals surface area (Å²) in [4.78, 5) is 10.1. The molecule has 1 aromatic carbocycles. The number of nitrogens with one attached hydrogen (secondary N) is 1. The minimum Gasteiger partial charge on any atom is -0.373 e. The van der Waals surface area contributed by atoms with Crippen LogP contribution < -0.4 is 5.32 Å². The number of halogens is 1. The molecule has 1 aromatic heterocycles. The molecular formula is C15H16FN3S. The molecule has 0 aliphatic heterocycles. The molecular weight excluding hydrogens is 273 g/mol. The predicted molar refractivity (Wildman–Crippen MR) is 78.8 cm³/mol. The quantitative estimate of drug-likeness (QED) is 0.864. The van der Waals surface area contributed by atoms with Crippen LogP contribution >= 0.6 is 11.8 Å². The first kappa shape index (κ1) is 13.4. The van der Waals surface area contributed by atoms with Crippen molar-refractivity contribution in [1.29, 1.82) is 0 Å². The molecule has 1 aliphatic carbocycles. The second-order valence-electron chi connectivity index (χ2n) is 4.94. The lowest BCUT2D eigenvalue weighted by Crippen LogP contribution is -2.04. The average molecular weight is 289 g/mol.